The molecule has 0 saturated carbocycles. The van der Waals surface area contributed by atoms with Crippen LogP contribution in [0.1, 0.15) is 17.9 Å². The number of rotatable bonds is 4. The van der Waals surface area contributed by atoms with Crippen LogP contribution in [0.4, 0.5) is 0 Å². The number of likely N-dealkylation sites (tertiary alicyclic amines) is 1. The third-order valence-corrected chi connectivity index (χ3v) is 4.68. The molecular weight excluding hydrogens is 304 g/mol. The summed E-state index contributed by atoms with van der Waals surface area (Å²) in [5, 5.41) is 4.41. The molecule has 0 amide bonds. The van der Waals surface area contributed by atoms with Crippen LogP contribution < -0.4 is 10.4 Å². The molecule has 1 fully saturated rings. The zero-order chi connectivity index (χ0) is 16.5. The van der Waals surface area contributed by atoms with Gasteiger partial charge in [-0.15, -0.1) is 5.10 Å². The van der Waals surface area contributed by atoms with E-state index in [0.29, 0.717) is 18.2 Å². The highest BCUT2D eigenvalue weighted by molar-refractivity contribution is 5.35. The van der Waals surface area contributed by atoms with Crippen molar-refractivity contribution >= 4 is 5.65 Å². The number of ether oxygens (including phenoxy) is 1. The summed E-state index contributed by atoms with van der Waals surface area (Å²) in [6, 6.07) is 13.9. The SMILES string of the molecule is COc1ccc(C2CCN(Cn3nc4ccccn4c3=O)C2)cc1. The number of fused-ring (bicyclic) bond motifs is 1. The van der Waals surface area contributed by atoms with E-state index in [1.165, 1.54) is 5.56 Å². The fourth-order valence-electron chi connectivity index (χ4n) is 3.36. The van der Waals surface area contributed by atoms with Crippen molar-refractivity contribution in [2.75, 3.05) is 20.2 Å². The largest absolute Gasteiger partial charge is 0.497 e. The van der Waals surface area contributed by atoms with E-state index in [1.54, 1.807) is 22.4 Å². The lowest BCUT2D eigenvalue weighted by molar-refractivity contribution is 0.248. The molecule has 1 saturated heterocycles. The number of nitrogens with zero attached hydrogens (tertiary/aromatic N) is 4. The normalized spacial score (nSPS) is 18.3. The standard InChI is InChI=1S/C18H20N4O2/c1-24-16-7-5-14(6-8-16)15-9-11-20(12-15)13-22-18(23)21-10-3-2-4-17(21)19-22/h2-8,10,15H,9,11-13H2,1H3. The first-order chi connectivity index (χ1) is 11.7. The van der Waals surface area contributed by atoms with Gasteiger partial charge in [0.15, 0.2) is 5.65 Å². The second kappa shape index (κ2) is 6.13. The molecule has 0 radical (unpaired) electrons. The first-order valence-corrected chi connectivity index (χ1v) is 8.15. The number of hydrogen-bond acceptors (Lipinski definition) is 4. The Morgan fingerprint density at radius 2 is 2.04 bits per heavy atom. The van der Waals surface area contributed by atoms with Crippen LogP contribution in [0.2, 0.25) is 0 Å². The van der Waals surface area contributed by atoms with Crippen LogP contribution in [0.25, 0.3) is 5.65 Å². The molecule has 1 aromatic carbocycles. The van der Waals surface area contributed by atoms with Crippen molar-refractivity contribution in [2.24, 2.45) is 0 Å². The van der Waals surface area contributed by atoms with Crippen LogP contribution in [0.15, 0.2) is 53.5 Å². The molecule has 0 bridgehead atoms. The Morgan fingerprint density at radius 1 is 1.21 bits per heavy atom. The second-order valence-electron chi connectivity index (χ2n) is 6.19. The average Bonchev–Trinajstić information content (AvgIpc) is 3.21. The predicted molar refractivity (Wildman–Crippen MR) is 91.4 cm³/mol. The molecule has 4 rings (SSSR count). The Labute approximate surface area is 139 Å². The Balaban J connectivity index is 1.48. The summed E-state index contributed by atoms with van der Waals surface area (Å²) in [5.41, 5.74) is 1.92. The van der Waals surface area contributed by atoms with Crippen molar-refractivity contribution in [3.63, 3.8) is 0 Å². The maximum Gasteiger partial charge on any atom is 0.351 e. The molecule has 0 spiro atoms. The van der Waals surface area contributed by atoms with E-state index >= 15 is 0 Å². The quantitative estimate of drug-likeness (QED) is 0.736. The molecule has 2 aromatic heterocycles. The van der Waals surface area contributed by atoms with Gasteiger partial charge in [0.2, 0.25) is 0 Å². The van der Waals surface area contributed by atoms with Crippen molar-refractivity contribution in [1.29, 1.82) is 0 Å². The molecule has 1 aliphatic rings. The minimum absolute atomic E-state index is 0.0847. The van der Waals surface area contributed by atoms with Gasteiger partial charge in [0, 0.05) is 19.3 Å². The summed E-state index contributed by atoms with van der Waals surface area (Å²) in [6.45, 7) is 2.44. The van der Waals surface area contributed by atoms with Crippen LogP contribution in [0, 0.1) is 0 Å². The molecular formula is C18H20N4O2. The van der Waals surface area contributed by atoms with Crippen molar-refractivity contribution in [2.45, 2.75) is 19.0 Å². The van der Waals surface area contributed by atoms with E-state index in [-0.39, 0.29) is 5.69 Å². The summed E-state index contributed by atoms with van der Waals surface area (Å²) < 4.78 is 8.34. The molecule has 6 heteroatoms. The predicted octanol–water partition coefficient (Wildman–Crippen LogP) is 1.95. The number of aromatic nitrogens is 3. The highest BCUT2D eigenvalue weighted by Gasteiger charge is 2.24. The van der Waals surface area contributed by atoms with Crippen LogP contribution in [-0.4, -0.2) is 39.3 Å². The summed E-state index contributed by atoms with van der Waals surface area (Å²) in [7, 11) is 1.68. The first kappa shape index (κ1) is 15.0. The van der Waals surface area contributed by atoms with E-state index < -0.39 is 0 Å². The van der Waals surface area contributed by atoms with Gasteiger partial charge in [-0.3, -0.25) is 9.30 Å². The molecule has 24 heavy (non-hydrogen) atoms. The molecule has 0 aliphatic carbocycles. The Hall–Kier alpha value is -2.60. The third-order valence-electron chi connectivity index (χ3n) is 4.68. The summed E-state index contributed by atoms with van der Waals surface area (Å²) in [5.74, 6) is 1.37. The van der Waals surface area contributed by atoms with Crippen LogP contribution in [-0.2, 0) is 6.67 Å². The highest BCUT2D eigenvalue weighted by atomic mass is 16.5. The van der Waals surface area contributed by atoms with Gasteiger partial charge in [-0.2, -0.15) is 4.68 Å². The van der Waals surface area contributed by atoms with Gasteiger partial charge in [-0.1, -0.05) is 18.2 Å². The van der Waals surface area contributed by atoms with Crippen molar-refractivity contribution in [1.82, 2.24) is 19.1 Å². The Kier molecular flexibility index (Phi) is 3.82. The molecule has 3 aromatic rings. The van der Waals surface area contributed by atoms with E-state index in [1.807, 2.05) is 30.3 Å². The van der Waals surface area contributed by atoms with Gasteiger partial charge in [-0.05, 0) is 42.2 Å². The fourth-order valence-corrected chi connectivity index (χ4v) is 3.36. The lowest BCUT2D eigenvalue weighted by Crippen LogP contribution is -2.31. The third kappa shape index (κ3) is 2.69. The average molecular weight is 324 g/mol. The molecule has 124 valence electrons. The van der Waals surface area contributed by atoms with E-state index in [2.05, 4.69) is 22.1 Å². The zero-order valence-electron chi connectivity index (χ0n) is 13.6. The van der Waals surface area contributed by atoms with Crippen molar-refractivity contribution in [3.05, 3.63) is 64.7 Å². The second-order valence-corrected chi connectivity index (χ2v) is 6.19. The van der Waals surface area contributed by atoms with Gasteiger partial charge in [0.1, 0.15) is 5.75 Å². The lowest BCUT2D eigenvalue weighted by atomic mass is 9.98. The molecule has 0 N–H and O–H groups in total. The van der Waals surface area contributed by atoms with Crippen molar-refractivity contribution in [3.8, 4) is 5.75 Å². The van der Waals surface area contributed by atoms with E-state index in [9.17, 15) is 4.79 Å². The van der Waals surface area contributed by atoms with Crippen molar-refractivity contribution < 1.29 is 4.74 Å². The lowest BCUT2D eigenvalue weighted by Gasteiger charge is -2.15. The monoisotopic (exact) mass is 324 g/mol. The Bertz CT molecular complexity index is 897. The molecule has 1 unspecified atom stereocenters. The topological polar surface area (TPSA) is 51.8 Å². The van der Waals surface area contributed by atoms with Gasteiger partial charge < -0.3 is 4.74 Å². The summed E-state index contributed by atoms with van der Waals surface area (Å²) in [6.07, 6.45) is 2.85. The van der Waals surface area contributed by atoms with Crippen LogP contribution >= 0.6 is 0 Å². The van der Waals surface area contributed by atoms with Gasteiger partial charge in [0.05, 0.1) is 13.8 Å². The van der Waals surface area contributed by atoms with E-state index in [0.717, 1.165) is 25.3 Å². The van der Waals surface area contributed by atoms with Gasteiger partial charge >= 0.3 is 5.69 Å². The molecule has 1 atom stereocenters. The minimum atomic E-state index is -0.0847. The fraction of sp³-hybridized carbons (Fsp3) is 0.333. The zero-order valence-corrected chi connectivity index (χ0v) is 13.6. The molecule has 6 nitrogen and oxygen atoms in total. The van der Waals surface area contributed by atoms with Gasteiger partial charge in [-0.25, -0.2) is 4.79 Å². The van der Waals surface area contributed by atoms with Crippen LogP contribution in [0.3, 0.4) is 0 Å². The van der Waals surface area contributed by atoms with E-state index in [4.69, 9.17) is 4.74 Å². The number of methoxy groups -OCH3 is 1. The first-order valence-electron chi connectivity index (χ1n) is 8.15. The van der Waals surface area contributed by atoms with Crippen LogP contribution in [0.5, 0.6) is 5.75 Å². The van der Waals surface area contributed by atoms with Gasteiger partial charge in [0.25, 0.3) is 0 Å². The smallest absolute Gasteiger partial charge is 0.351 e. The molecule has 3 heterocycles. The highest BCUT2D eigenvalue weighted by Crippen LogP contribution is 2.28. The maximum absolute atomic E-state index is 12.4. The number of benzene rings is 1. The Morgan fingerprint density at radius 3 is 2.79 bits per heavy atom. The maximum atomic E-state index is 12.4. The minimum Gasteiger partial charge on any atom is -0.497 e. The summed E-state index contributed by atoms with van der Waals surface area (Å²) in [4.78, 5) is 14.6. The number of pyridine rings is 1. The summed E-state index contributed by atoms with van der Waals surface area (Å²) >= 11 is 0. The number of hydrogen-bond donors (Lipinski definition) is 0. The molecule has 1 aliphatic heterocycles.